The van der Waals surface area contributed by atoms with Gasteiger partial charge in [0.15, 0.2) is 5.60 Å². The second-order valence-electron chi connectivity index (χ2n) is 3.95. The van der Waals surface area contributed by atoms with Crippen LogP contribution in [0, 0.1) is 0 Å². The molecule has 0 amide bonds. The zero-order valence-corrected chi connectivity index (χ0v) is 8.90. The maximum absolute atomic E-state index is 10.6. The molecule has 0 radical (unpaired) electrons. The van der Waals surface area contributed by atoms with Gasteiger partial charge < -0.3 is 20.2 Å². The quantitative estimate of drug-likeness (QED) is 0.546. The number of rotatable bonds is 6. The number of aliphatic hydroxyl groups is 2. The van der Waals surface area contributed by atoms with Crippen molar-refractivity contribution in [3.05, 3.63) is 0 Å². The van der Waals surface area contributed by atoms with E-state index in [1.807, 2.05) is 0 Å². The third-order valence-electron chi connectivity index (χ3n) is 1.97. The van der Waals surface area contributed by atoms with E-state index in [4.69, 9.17) is 10.2 Å². The zero-order chi connectivity index (χ0) is 11.4. The molecule has 0 aliphatic heterocycles. The fourth-order valence-electron chi connectivity index (χ4n) is 1.08. The molecule has 84 valence electrons. The number of hydrogen-bond donors (Lipinski definition) is 3. The van der Waals surface area contributed by atoms with Crippen LogP contribution in [0.2, 0.25) is 0 Å². The number of aliphatic hydroxyl groups excluding tert-OH is 1. The molecule has 0 aromatic carbocycles. The second-order valence-corrected chi connectivity index (χ2v) is 3.95. The smallest absolute Gasteiger partial charge is 0.336 e. The third-order valence-corrected chi connectivity index (χ3v) is 1.97. The minimum atomic E-state index is -1.73. The number of aliphatic carboxylic acids is 1. The first-order valence-corrected chi connectivity index (χ1v) is 4.58. The standard InChI is InChI=1S/C9H19NO4/c1-7(11)4-5-10(3)6-9(2,14)8(12)13/h7,11,14H,4-6H2,1-3H3,(H,12,13). The van der Waals surface area contributed by atoms with Crippen molar-refractivity contribution >= 4 is 5.97 Å². The average molecular weight is 205 g/mol. The molecule has 0 spiro atoms. The molecule has 0 rings (SSSR count). The monoisotopic (exact) mass is 205 g/mol. The Hall–Kier alpha value is -0.650. The summed E-state index contributed by atoms with van der Waals surface area (Å²) in [5, 5.41) is 27.1. The van der Waals surface area contributed by atoms with Crippen molar-refractivity contribution in [3.63, 3.8) is 0 Å². The molecule has 2 unspecified atom stereocenters. The molecule has 0 aliphatic rings. The van der Waals surface area contributed by atoms with E-state index in [0.717, 1.165) is 0 Å². The molecular weight excluding hydrogens is 186 g/mol. The van der Waals surface area contributed by atoms with Gasteiger partial charge in [-0.15, -0.1) is 0 Å². The largest absolute Gasteiger partial charge is 0.479 e. The SMILES string of the molecule is CC(O)CCN(C)CC(C)(O)C(=O)O. The highest BCUT2D eigenvalue weighted by Gasteiger charge is 2.31. The van der Waals surface area contributed by atoms with Crippen molar-refractivity contribution in [2.75, 3.05) is 20.1 Å². The Bertz CT molecular complexity index is 191. The molecule has 0 fully saturated rings. The summed E-state index contributed by atoms with van der Waals surface area (Å²) in [4.78, 5) is 12.2. The lowest BCUT2D eigenvalue weighted by Gasteiger charge is -2.25. The lowest BCUT2D eigenvalue weighted by molar-refractivity contribution is -0.158. The van der Waals surface area contributed by atoms with Crippen molar-refractivity contribution in [2.24, 2.45) is 0 Å². The van der Waals surface area contributed by atoms with E-state index >= 15 is 0 Å². The summed E-state index contributed by atoms with van der Waals surface area (Å²) in [5.74, 6) is -1.23. The number of carboxylic acids is 1. The van der Waals surface area contributed by atoms with Crippen LogP contribution >= 0.6 is 0 Å². The van der Waals surface area contributed by atoms with E-state index in [0.29, 0.717) is 13.0 Å². The Labute approximate surface area is 84.0 Å². The summed E-state index contributed by atoms with van der Waals surface area (Å²) in [6, 6.07) is 0. The molecule has 5 heteroatoms. The topological polar surface area (TPSA) is 81.0 Å². The summed E-state index contributed by atoms with van der Waals surface area (Å²) in [7, 11) is 1.71. The Balaban J connectivity index is 3.93. The maximum atomic E-state index is 10.6. The molecule has 0 bridgehead atoms. The average Bonchev–Trinajstić information content (AvgIpc) is 1.99. The third kappa shape index (κ3) is 5.16. The molecule has 14 heavy (non-hydrogen) atoms. The Morgan fingerprint density at radius 3 is 2.43 bits per heavy atom. The van der Waals surface area contributed by atoms with Gasteiger partial charge in [-0.1, -0.05) is 0 Å². The van der Waals surface area contributed by atoms with Crippen molar-refractivity contribution < 1.29 is 20.1 Å². The summed E-state index contributed by atoms with van der Waals surface area (Å²) in [5.41, 5.74) is -1.73. The van der Waals surface area contributed by atoms with E-state index < -0.39 is 17.7 Å². The molecule has 0 saturated heterocycles. The first-order chi connectivity index (χ1) is 6.25. The normalized spacial score (nSPS) is 17.9. The van der Waals surface area contributed by atoms with Crippen LogP contribution in [0.15, 0.2) is 0 Å². The summed E-state index contributed by atoms with van der Waals surface area (Å²) in [6.45, 7) is 3.54. The van der Waals surface area contributed by atoms with E-state index in [9.17, 15) is 9.90 Å². The highest BCUT2D eigenvalue weighted by molar-refractivity contribution is 5.76. The molecule has 2 atom stereocenters. The predicted octanol–water partition coefficient (Wildman–Crippen LogP) is -0.475. The van der Waals surface area contributed by atoms with Crippen LogP contribution in [0.5, 0.6) is 0 Å². The molecule has 0 aromatic heterocycles. The minimum Gasteiger partial charge on any atom is -0.479 e. The van der Waals surface area contributed by atoms with Gasteiger partial charge in [-0.25, -0.2) is 4.79 Å². The summed E-state index contributed by atoms with van der Waals surface area (Å²) < 4.78 is 0. The summed E-state index contributed by atoms with van der Waals surface area (Å²) in [6.07, 6.45) is 0.152. The number of nitrogens with zero attached hydrogens (tertiary/aromatic N) is 1. The summed E-state index contributed by atoms with van der Waals surface area (Å²) >= 11 is 0. The number of carbonyl (C=O) groups is 1. The van der Waals surface area contributed by atoms with Gasteiger partial charge in [0.05, 0.1) is 6.10 Å². The maximum Gasteiger partial charge on any atom is 0.336 e. The van der Waals surface area contributed by atoms with Crippen molar-refractivity contribution in [3.8, 4) is 0 Å². The Morgan fingerprint density at radius 2 is 2.07 bits per heavy atom. The number of hydrogen-bond acceptors (Lipinski definition) is 4. The van der Waals surface area contributed by atoms with Crippen LogP contribution in [0.1, 0.15) is 20.3 Å². The van der Waals surface area contributed by atoms with Gasteiger partial charge in [0.2, 0.25) is 0 Å². The van der Waals surface area contributed by atoms with Gasteiger partial charge in [-0.2, -0.15) is 0 Å². The van der Waals surface area contributed by atoms with Gasteiger partial charge in [0.1, 0.15) is 0 Å². The van der Waals surface area contributed by atoms with Crippen molar-refractivity contribution in [1.29, 1.82) is 0 Å². The van der Waals surface area contributed by atoms with E-state index in [1.165, 1.54) is 6.92 Å². The molecule has 0 aliphatic carbocycles. The predicted molar refractivity (Wildman–Crippen MR) is 52.1 cm³/mol. The Kier molecular flexibility index (Phi) is 5.04. The highest BCUT2D eigenvalue weighted by Crippen LogP contribution is 2.06. The first-order valence-electron chi connectivity index (χ1n) is 4.58. The zero-order valence-electron chi connectivity index (χ0n) is 8.90. The molecule has 0 heterocycles. The molecule has 0 saturated carbocycles. The fourth-order valence-corrected chi connectivity index (χ4v) is 1.08. The van der Waals surface area contributed by atoms with Gasteiger partial charge in [0.25, 0.3) is 0 Å². The number of likely N-dealkylation sites (N-methyl/N-ethyl adjacent to an activating group) is 1. The van der Waals surface area contributed by atoms with Gasteiger partial charge in [-0.05, 0) is 27.3 Å². The van der Waals surface area contributed by atoms with Crippen LogP contribution < -0.4 is 0 Å². The lowest BCUT2D eigenvalue weighted by atomic mass is 10.1. The van der Waals surface area contributed by atoms with Crippen LogP contribution in [0.3, 0.4) is 0 Å². The Morgan fingerprint density at radius 1 is 1.57 bits per heavy atom. The first kappa shape index (κ1) is 13.4. The van der Waals surface area contributed by atoms with Gasteiger partial charge in [0, 0.05) is 13.1 Å². The van der Waals surface area contributed by atoms with E-state index in [2.05, 4.69) is 0 Å². The van der Waals surface area contributed by atoms with Crippen molar-refractivity contribution in [2.45, 2.75) is 32.0 Å². The lowest BCUT2D eigenvalue weighted by Crippen LogP contribution is -2.45. The minimum absolute atomic E-state index is 0.0506. The number of carboxylic acid groups (broad SMARTS) is 1. The van der Waals surface area contributed by atoms with Crippen LogP contribution in [-0.2, 0) is 4.79 Å². The van der Waals surface area contributed by atoms with E-state index in [-0.39, 0.29) is 6.54 Å². The van der Waals surface area contributed by atoms with Crippen LogP contribution in [-0.4, -0.2) is 58.0 Å². The second kappa shape index (κ2) is 5.29. The molecular formula is C9H19NO4. The fraction of sp³-hybridized carbons (Fsp3) is 0.889. The van der Waals surface area contributed by atoms with Crippen molar-refractivity contribution in [1.82, 2.24) is 4.90 Å². The van der Waals surface area contributed by atoms with Crippen LogP contribution in [0.25, 0.3) is 0 Å². The molecule has 3 N–H and O–H groups in total. The van der Waals surface area contributed by atoms with Gasteiger partial charge >= 0.3 is 5.97 Å². The van der Waals surface area contributed by atoms with Crippen LogP contribution in [0.4, 0.5) is 0 Å². The highest BCUT2D eigenvalue weighted by atomic mass is 16.4. The van der Waals surface area contributed by atoms with Gasteiger partial charge in [-0.3, -0.25) is 0 Å². The van der Waals surface area contributed by atoms with E-state index in [1.54, 1.807) is 18.9 Å². The molecule has 5 nitrogen and oxygen atoms in total. The molecule has 0 aromatic rings.